The van der Waals surface area contributed by atoms with Crippen LogP contribution in [0.1, 0.15) is 10.6 Å². The molecule has 4 nitrogen and oxygen atoms in total. The number of carbonyl (C=O) groups excluding carboxylic acids is 1. The van der Waals surface area contributed by atoms with E-state index in [1.807, 2.05) is 30.3 Å². The summed E-state index contributed by atoms with van der Waals surface area (Å²) in [5, 5.41) is 4.44. The van der Waals surface area contributed by atoms with Crippen molar-refractivity contribution >= 4 is 39.1 Å². The first-order chi connectivity index (χ1) is 11.2. The summed E-state index contributed by atoms with van der Waals surface area (Å²) in [6, 6.07) is 13.4. The Labute approximate surface area is 142 Å². The number of nitrogens with zero attached hydrogens (tertiary/aromatic N) is 1. The standard InChI is InChI=1S/C17H13ClN2O2S/c18-11-5-6-13-10(7-11)8-14(22-13)17(21)19-9-16-20-12-3-1-2-4-15(12)23-16/h1-7,14H,8-9H2,(H,19,21). The van der Waals surface area contributed by atoms with Crippen molar-refractivity contribution in [2.75, 3.05) is 0 Å². The van der Waals surface area contributed by atoms with Crippen LogP contribution >= 0.6 is 22.9 Å². The third-order valence-electron chi connectivity index (χ3n) is 3.74. The number of ether oxygens (including phenoxy) is 1. The van der Waals surface area contributed by atoms with Gasteiger partial charge in [-0.25, -0.2) is 4.98 Å². The SMILES string of the molecule is O=C(NCc1nc2ccccc2s1)C1Cc2cc(Cl)ccc2O1. The van der Waals surface area contributed by atoms with Crippen molar-refractivity contribution in [1.29, 1.82) is 0 Å². The number of thiazole rings is 1. The first-order valence-electron chi connectivity index (χ1n) is 7.26. The maximum Gasteiger partial charge on any atom is 0.261 e. The van der Waals surface area contributed by atoms with Gasteiger partial charge in [0, 0.05) is 11.4 Å². The number of para-hydroxylation sites is 1. The van der Waals surface area contributed by atoms with Crippen molar-refractivity contribution in [3.8, 4) is 5.75 Å². The highest BCUT2D eigenvalue weighted by Crippen LogP contribution is 2.31. The molecule has 23 heavy (non-hydrogen) atoms. The minimum Gasteiger partial charge on any atom is -0.480 e. The van der Waals surface area contributed by atoms with E-state index < -0.39 is 6.10 Å². The summed E-state index contributed by atoms with van der Waals surface area (Å²) in [6.07, 6.45) is 0.0412. The molecule has 1 aliphatic heterocycles. The summed E-state index contributed by atoms with van der Waals surface area (Å²) >= 11 is 7.55. The number of aromatic nitrogens is 1. The second-order valence-electron chi connectivity index (χ2n) is 5.36. The molecule has 1 amide bonds. The van der Waals surface area contributed by atoms with Crippen LogP contribution in [0.4, 0.5) is 0 Å². The fourth-order valence-corrected chi connectivity index (χ4v) is 3.74. The molecule has 1 N–H and O–H groups in total. The molecule has 1 aliphatic rings. The van der Waals surface area contributed by atoms with Gasteiger partial charge in [-0.15, -0.1) is 11.3 Å². The number of hydrogen-bond acceptors (Lipinski definition) is 4. The lowest BCUT2D eigenvalue weighted by Gasteiger charge is -2.10. The first kappa shape index (κ1) is 14.5. The number of hydrogen-bond donors (Lipinski definition) is 1. The van der Waals surface area contributed by atoms with Crippen LogP contribution in [0.3, 0.4) is 0 Å². The number of fused-ring (bicyclic) bond motifs is 2. The number of benzene rings is 2. The Morgan fingerprint density at radius 2 is 2.22 bits per heavy atom. The molecule has 6 heteroatoms. The van der Waals surface area contributed by atoms with Crippen molar-refractivity contribution in [3.05, 3.63) is 58.1 Å². The molecular formula is C17H13ClN2O2S. The topological polar surface area (TPSA) is 51.2 Å². The molecule has 3 aromatic rings. The Morgan fingerprint density at radius 3 is 3.09 bits per heavy atom. The minimum atomic E-state index is -0.502. The van der Waals surface area contributed by atoms with Crippen molar-refractivity contribution in [2.45, 2.75) is 19.1 Å². The largest absolute Gasteiger partial charge is 0.480 e. The summed E-state index contributed by atoms with van der Waals surface area (Å²) in [6.45, 7) is 0.412. The van der Waals surface area contributed by atoms with Crippen LogP contribution in [-0.4, -0.2) is 17.0 Å². The molecule has 1 aromatic heterocycles. The lowest BCUT2D eigenvalue weighted by molar-refractivity contribution is -0.127. The lowest BCUT2D eigenvalue weighted by Crippen LogP contribution is -2.36. The molecule has 4 rings (SSSR count). The number of amides is 1. The molecule has 0 spiro atoms. The second kappa shape index (κ2) is 5.83. The van der Waals surface area contributed by atoms with Gasteiger partial charge in [0.2, 0.25) is 0 Å². The maximum absolute atomic E-state index is 12.3. The van der Waals surface area contributed by atoms with Crippen LogP contribution in [0.15, 0.2) is 42.5 Å². The molecule has 0 radical (unpaired) electrons. The summed E-state index contributed by atoms with van der Waals surface area (Å²) in [4.78, 5) is 16.8. The van der Waals surface area contributed by atoms with Crippen molar-refractivity contribution in [2.24, 2.45) is 0 Å². The summed E-state index contributed by atoms with van der Waals surface area (Å²) in [7, 11) is 0. The van der Waals surface area contributed by atoms with Gasteiger partial charge in [-0.3, -0.25) is 4.79 Å². The highest BCUT2D eigenvalue weighted by atomic mass is 35.5. The van der Waals surface area contributed by atoms with Gasteiger partial charge in [-0.05, 0) is 35.9 Å². The van der Waals surface area contributed by atoms with Crippen LogP contribution in [0.5, 0.6) is 5.75 Å². The zero-order chi connectivity index (χ0) is 15.8. The Kier molecular flexibility index (Phi) is 3.67. The number of halogens is 1. The van der Waals surface area contributed by atoms with E-state index in [0.29, 0.717) is 18.0 Å². The Hall–Kier alpha value is -2.11. The van der Waals surface area contributed by atoms with E-state index in [-0.39, 0.29) is 5.91 Å². The highest BCUT2D eigenvalue weighted by Gasteiger charge is 2.29. The average molecular weight is 345 g/mol. The third kappa shape index (κ3) is 2.90. The van der Waals surface area contributed by atoms with E-state index >= 15 is 0 Å². The maximum atomic E-state index is 12.3. The van der Waals surface area contributed by atoms with Gasteiger partial charge in [0.05, 0.1) is 16.8 Å². The Bertz CT molecular complexity index is 860. The Morgan fingerprint density at radius 1 is 1.35 bits per heavy atom. The number of carbonyl (C=O) groups is 1. The van der Waals surface area contributed by atoms with Gasteiger partial charge >= 0.3 is 0 Å². The molecule has 1 unspecified atom stereocenters. The normalized spacial score (nSPS) is 16.1. The molecule has 0 fully saturated rings. The third-order valence-corrected chi connectivity index (χ3v) is 5.01. The van der Waals surface area contributed by atoms with Crippen LogP contribution in [0.25, 0.3) is 10.2 Å². The van der Waals surface area contributed by atoms with Crippen molar-refractivity contribution in [1.82, 2.24) is 10.3 Å². The smallest absolute Gasteiger partial charge is 0.261 e. The lowest BCUT2D eigenvalue weighted by atomic mass is 10.1. The van der Waals surface area contributed by atoms with Crippen LogP contribution in [-0.2, 0) is 17.8 Å². The molecule has 0 saturated carbocycles. The minimum absolute atomic E-state index is 0.128. The average Bonchev–Trinajstić information content (AvgIpc) is 3.15. The van der Waals surface area contributed by atoms with Crippen LogP contribution in [0, 0.1) is 0 Å². The molecule has 0 saturated heterocycles. The van der Waals surface area contributed by atoms with E-state index in [1.165, 1.54) is 0 Å². The molecule has 2 aromatic carbocycles. The van der Waals surface area contributed by atoms with Gasteiger partial charge in [-0.2, -0.15) is 0 Å². The Balaban J connectivity index is 1.41. The zero-order valence-corrected chi connectivity index (χ0v) is 13.7. The molecule has 1 atom stereocenters. The monoisotopic (exact) mass is 344 g/mol. The van der Waals surface area contributed by atoms with Crippen molar-refractivity contribution < 1.29 is 9.53 Å². The summed E-state index contributed by atoms with van der Waals surface area (Å²) in [5.74, 6) is 0.603. The molecular weight excluding hydrogens is 332 g/mol. The van der Waals surface area contributed by atoms with Gasteiger partial charge in [0.1, 0.15) is 10.8 Å². The molecule has 116 valence electrons. The van der Waals surface area contributed by atoms with Gasteiger partial charge in [0.25, 0.3) is 5.91 Å². The fourth-order valence-electron chi connectivity index (χ4n) is 2.64. The first-order valence-corrected chi connectivity index (χ1v) is 8.46. The quantitative estimate of drug-likeness (QED) is 0.790. The predicted molar refractivity (Wildman–Crippen MR) is 91.0 cm³/mol. The van der Waals surface area contributed by atoms with Crippen LogP contribution in [0.2, 0.25) is 5.02 Å². The van der Waals surface area contributed by atoms with E-state index in [0.717, 1.165) is 26.5 Å². The molecule has 0 aliphatic carbocycles. The van der Waals surface area contributed by atoms with E-state index in [1.54, 1.807) is 23.5 Å². The van der Waals surface area contributed by atoms with E-state index in [2.05, 4.69) is 10.3 Å². The zero-order valence-electron chi connectivity index (χ0n) is 12.1. The number of rotatable bonds is 3. The molecule has 2 heterocycles. The van der Waals surface area contributed by atoms with Crippen molar-refractivity contribution in [3.63, 3.8) is 0 Å². The van der Waals surface area contributed by atoms with Gasteiger partial charge in [0.15, 0.2) is 6.10 Å². The highest BCUT2D eigenvalue weighted by molar-refractivity contribution is 7.18. The van der Waals surface area contributed by atoms with Gasteiger partial charge < -0.3 is 10.1 Å². The van der Waals surface area contributed by atoms with E-state index in [4.69, 9.17) is 16.3 Å². The molecule has 0 bridgehead atoms. The second-order valence-corrected chi connectivity index (χ2v) is 6.91. The van der Waals surface area contributed by atoms with E-state index in [9.17, 15) is 4.79 Å². The van der Waals surface area contributed by atoms with Crippen LogP contribution < -0.4 is 10.1 Å². The fraction of sp³-hybridized carbons (Fsp3) is 0.176. The summed E-state index contributed by atoms with van der Waals surface area (Å²) in [5.41, 5.74) is 1.93. The predicted octanol–water partition coefficient (Wildman–Crippen LogP) is 3.57. The van der Waals surface area contributed by atoms with Gasteiger partial charge in [-0.1, -0.05) is 23.7 Å². The summed E-state index contributed by atoms with van der Waals surface area (Å²) < 4.78 is 6.80. The number of nitrogens with one attached hydrogen (secondary N) is 1.